The molecule has 0 fully saturated rings. The minimum absolute atomic E-state index is 0.0248. The van der Waals surface area contributed by atoms with E-state index in [2.05, 4.69) is 6.07 Å². The van der Waals surface area contributed by atoms with Gasteiger partial charge in [0.05, 0.1) is 6.61 Å². The van der Waals surface area contributed by atoms with E-state index in [1.54, 1.807) is 0 Å². The van der Waals surface area contributed by atoms with Gasteiger partial charge in [0.25, 0.3) is 0 Å². The van der Waals surface area contributed by atoms with Gasteiger partial charge in [-0.05, 0) is 48.1 Å². The Bertz CT molecular complexity index is 664. The monoisotopic (exact) mass is 300 g/mol. The third-order valence-electron chi connectivity index (χ3n) is 3.87. The Labute approximate surface area is 129 Å². The van der Waals surface area contributed by atoms with Crippen LogP contribution in [0.25, 0.3) is 0 Å². The summed E-state index contributed by atoms with van der Waals surface area (Å²) in [6, 6.07) is 13.5. The largest absolute Gasteiger partial charge is 0.369 e. The van der Waals surface area contributed by atoms with Crippen LogP contribution < -0.4 is 0 Å². The maximum Gasteiger partial charge on any atom is 0.188 e. The van der Waals surface area contributed by atoms with E-state index in [9.17, 15) is 4.79 Å². The van der Waals surface area contributed by atoms with E-state index in [1.807, 2.05) is 36.4 Å². The van der Waals surface area contributed by atoms with Crippen molar-refractivity contribution in [2.75, 3.05) is 6.61 Å². The van der Waals surface area contributed by atoms with E-state index in [0.717, 1.165) is 24.0 Å². The van der Waals surface area contributed by atoms with Gasteiger partial charge in [0.1, 0.15) is 6.61 Å². The minimum Gasteiger partial charge on any atom is -0.369 e. The first-order chi connectivity index (χ1) is 10.2. The third-order valence-corrected chi connectivity index (χ3v) is 4.24. The van der Waals surface area contributed by atoms with Crippen LogP contribution in [0.1, 0.15) is 33.5 Å². The van der Waals surface area contributed by atoms with E-state index in [0.29, 0.717) is 11.6 Å². The van der Waals surface area contributed by atoms with Crippen LogP contribution in [-0.4, -0.2) is 12.4 Å². The summed E-state index contributed by atoms with van der Waals surface area (Å²) < 4.78 is 5.50. The molecule has 2 aromatic carbocycles. The number of ether oxygens (including phenoxy) is 1. The molecule has 1 aliphatic rings. The number of carbonyl (C=O) groups is 1. The van der Waals surface area contributed by atoms with Crippen molar-refractivity contribution in [1.29, 1.82) is 0 Å². The van der Waals surface area contributed by atoms with Crippen LogP contribution in [0.15, 0.2) is 42.5 Å². The van der Waals surface area contributed by atoms with E-state index in [1.165, 1.54) is 17.5 Å². The lowest BCUT2D eigenvalue weighted by molar-refractivity contribution is 0.0726. The van der Waals surface area contributed by atoms with Crippen molar-refractivity contribution in [3.05, 3.63) is 69.7 Å². The van der Waals surface area contributed by atoms with Crippen LogP contribution in [0.2, 0.25) is 5.02 Å². The summed E-state index contributed by atoms with van der Waals surface area (Å²) in [6.07, 6.45) is 3.40. The Hall–Kier alpha value is -1.64. The Kier molecular flexibility index (Phi) is 4.37. The maximum absolute atomic E-state index is 12.2. The Morgan fingerprint density at radius 1 is 1.10 bits per heavy atom. The number of hydrogen-bond acceptors (Lipinski definition) is 2. The van der Waals surface area contributed by atoms with Gasteiger partial charge in [-0.25, -0.2) is 0 Å². The van der Waals surface area contributed by atoms with Crippen LogP contribution in [-0.2, 0) is 24.2 Å². The van der Waals surface area contributed by atoms with E-state index in [4.69, 9.17) is 16.3 Å². The molecule has 0 heterocycles. The van der Waals surface area contributed by atoms with Gasteiger partial charge >= 0.3 is 0 Å². The summed E-state index contributed by atoms with van der Waals surface area (Å²) in [5.74, 6) is 0.0248. The highest BCUT2D eigenvalue weighted by atomic mass is 35.5. The molecular formula is C18H17ClO2. The molecule has 2 aromatic rings. The fraction of sp³-hybridized carbons (Fsp3) is 0.278. The number of rotatable bonds is 5. The molecule has 0 N–H and O–H groups in total. The number of ketones is 1. The Morgan fingerprint density at radius 2 is 1.90 bits per heavy atom. The van der Waals surface area contributed by atoms with Crippen LogP contribution in [0.3, 0.4) is 0 Å². The molecule has 0 atom stereocenters. The van der Waals surface area contributed by atoms with Gasteiger partial charge in [-0.1, -0.05) is 41.9 Å². The smallest absolute Gasteiger partial charge is 0.188 e. The highest BCUT2D eigenvalue weighted by Crippen LogP contribution is 2.23. The molecule has 0 unspecified atom stereocenters. The second-order valence-electron chi connectivity index (χ2n) is 5.34. The molecule has 3 heteroatoms. The third kappa shape index (κ3) is 3.34. The summed E-state index contributed by atoms with van der Waals surface area (Å²) >= 11 is 6.06. The fourth-order valence-electron chi connectivity index (χ4n) is 2.70. The average molecular weight is 301 g/mol. The van der Waals surface area contributed by atoms with Crippen LogP contribution in [0.4, 0.5) is 0 Å². The van der Waals surface area contributed by atoms with Crippen molar-refractivity contribution in [3.63, 3.8) is 0 Å². The van der Waals surface area contributed by atoms with Gasteiger partial charge in [-0.2, -0.15) is 0 Å². The number of halogens is 1. The lowest BCUT2D eigenvalue weighted by Crippen LogP contribution is -2.09. The molecule has 0 aromatic heterocycles. The second kappa shape index (κ2) is 6.42. The van der Waals surface area contributed by atoms with Gasteiger partial charge in [-0.15, -0.1) is 0 Å². The summed E-state index contributed by atoms with van der Waals surface area (Å²) in [5.41, 5.74) is 4.34. The molecule has 0 bridgehead atoms. The van der Waals surface area contributed by atoms with Gasteiger partial charge in [0.15, 0.2) is 5.78 Å². The standard InChI is InChI=1S/C18H17ClO2/c19-17-7-2-1-4-16(17)11-21-12-18(20)15-9-8-13-5-3-6-14(13)10-15/h1-2,4,7-10H,3,5-6,11-12H2. The van der Waals surface area contributed by atoms with E-state index in [-0.39, 0.29) is 12.4 Å². The summed E-state index contributed by atoms with van der Waals surface area (Å²) in [6.45, 7) is 0.445. The first-order valence-corrected chi connectivity index (χ1v) is 7.58. The lowest BCUT2D eigenvalue weighted by Gasteiger charge is -2.07. The molecule has 0 radical (unpaired) electrons. The molecule has 0 saturated carbocycles. The van der Waals surface area contributed by atoms with E-state index >= 15 is 0 Å². The zero-order valence-electron chi connectivity index (χ0n) is 11.8. The van der Waals surface area contributed by atoms with Gasteiger partial charge in [-0.3, -0.25) is 4.79 Å². The molecule has 1 aliphatic carbocycles. The summed E-state index contributed by atoms with van der Waals surface area (Å²) in [5, 5.41) is 0.669. The number of fused-ring (bicyclic) bond motifs is 1. The molecule has 3 rings (SSSR count). The Morgan fingerprint density at radius 3 is 2.76 bits per heavy atom. The first kappa shape index (κ1) is 14.3. The zero-order chi connectivity index (χ0) is 14.7. The average Bonchev–Trinajstić information content (AvgIpc) is 2.96. The Balaban J connectivity index is 1.58. The molecule has 0 amide bonds. The predicted molar refractivity (Wildman–Crippen MR) is 83.9 cm³/mol. The van der Waals surface area contributed by atoms with Gasteiger partial charge in [0.2, 0.25) is 0 Å². The number of aryl methyl sites for hydroxylation is 2. The summed E-state index contributed by atoms with van der Waals surface area (Å²) in [7, 11) is 0. The lowest BCUT2D eigenvalue weighted by atomic mass is 10.0. The highest BCUT2D eigenvalue weighted by Gasteiger charge is 2.14. The number of carbonyl (C=O) groups excluding carboxylic acids is 1. The molecule has 21 heavy (non-hydrogen) atoms. The fourth-order valence-corrected chi connectivity index (χ4v) is 2.89. The highest BCUT2D eigenvalue weighted by molar-refractivity contribution is 6.31. The van der Waals surface area contributed by atoms with Crippen molar-refractivity contribution in [3.8, 4) is 0 Å². The second-order valence-corrected chi connectivity index (χ2v) is 5.75. The normalized spacial score (nSPS) is 13.2. The topological polar surface area (TPSA) is 26.3 Å². The number of hydrogen-bond donors (Lipinski definition) is 0. The van der Waals surface area contributed by atoms with Crippen molar-refractivity contribution < 1.29 is 9.53 Å². The zero-order valence-corrected chi connectivity index (χ0v) is 12.5. The van der Waals surface area contributed by atoms with Crippen molar-refractivity contribution in [2.24, 2.45) is 0 Å². The molecular weight excluding hydrogens is 284 g/mol. The maximum atomic E-state index is 12.2. The van der Waals surface area contributed by atoms with E-state index < -0.39 is 0 Å². The molecule has 108 valence electrons. The molecule has 0 aliphatic heterocycles. The van der Waals surface area contributed by atoms with Gasteiger partial charge < -0.3 is 4.74 Å². The predicted octanol–water partition coefficient (Wildman–Crippen LogP) is 4.23. The van der Waals surface area contributed by atoms with Crippen molar-refractivity contribution >= 4 is 17.4 Å². The van der Waals surface area contributed by atoms with Crippen LogP contribution in [0.5, 0.6) is 0 Å². The molecule has 0 spiro atoms. The van der Waals surface area contributed by atoms with Crippen LogP contribution >= 0.6 is 11.6 Å². The number of Topliss-reactive ketones (excluding diaryl/α,β-unsaturated/α-hetero) is 1. The van der Waals surface area contributed by atoms with Crippen molar-refractivity contribution in [2.45, 2.75) is 25.9 Å². The first-order valence-electron chi connectivity index (χ1n) is 7.20. The van der Waals surface area contributed by atoms with Gasteiger partial charge in [0, 0.05) is 10.6 Å². The molecule has 2 nitrogen and oxygen atoms in total. The SMILES string of the molecule is O=C(COCc1ccccc1Cl)c1ccc2c(c1)CCC2. The quantitative estimate of drug-likeness (QED) is 0.773. The number of benzene rings is 2. The summed E-state index contributed by atoms with van der Waals surface area (Å²) in [4.78, 5) is 12.2. The minimum atomic E-state index is 0.0248. The molecule has 0 saturated heterocycles. The van der Waals surface area contributed by atoms with Crippen LogP contribution in [0, 0.1) is 0 Å². The van der Waals surface area contributed by atoms with Crippen molar-refractivity contribution in [1.82, 2.24) is 0 Å².